The first-order valence-corrected chi connectivity index (χ1v) is 10.9. The van der Waals surface area contributed by atoms with Crippen molar-refractivity contribution in [3.8, 4) is 17.3 Å². The minimum atomic E-state index is -1.30. The zero-order valence-corrected chi connectivity index (χ0v) is 18.2. The normalized spacial score (nSPS) is 14.2. The third-order valence-electron chi connectivity index (χ3n) is 5.95. The number of pyridine rings is 1. The number of nitrogens with zero attached hydrogens (tertiary/aromatic N) is 3. The maximum atomic E-state index is 12.9. The number of urea groups is 1. The van der Waals surface area contributed by atoms with Gasteiger partial charge in [-0.15, -0.1) is 0 Å². The first kappa shape index (κ1) is 23.1. The lowest BCUT2D eigenvalue weighted by atomic mass is 10.0. The summed E-state index contributed by atoms with van der Waals surface area (Å²) >= 11 is 0. The van der Waals surface area contributed by atoms with Crippen LogP contribution in [0.4, 0.5) is 9.59 Å². The third kappa shape index (κ3) is 5.55. The zero-order valence-electron chi connectivity index (χ0n) is 18.2. The van der Waals surface area contributed by atoms with Crippen molar-refractivity contribution < 1.29 is 14.7 Å². The summed E-state index contributed by atoms with van der Waals surface area (Å²) in [5.74, 6) is 0. The van der Waals surface area contributed by atoms with Gasteiger partial charge >= 0.3 is 12.1 Å². The molecule has 168 valence electrons. The van der Waals surface area contributed by atoms with Crippen LogP contribution in [0.1, 0.15) is 49.7 Å². The number of rotatable bonds is 5. The van der Waals surface area contributed by atoms with Crippen molar-refractivity contribution in [1.82, 2.24) is 14.8 Å². The summed E-state index contributed by atoms with van der Waals surface area (Å²) in [7, 11) is 0. The van der Waals surface area contributed by atoms with E-state index in [2.05, 4.69) is 4.98 Å². The Morgan fingerprint density at radius 2 is 1.78 bits per heavy atom. The highest BCUT2D eigenvalue weighted by Crippen LogP contribution is 2.23. The van der Waals surface area contributed by atoms with E-state index in [9.17, 15) is 24.8 Å². The second-order valence-electron chi connectivity index (χ2n) is 8.18. The highest BCUT2D eigenvalue weighted by Gasteiger charge is 2.33. The van der Waals surface area contributed by atoms with Crippen LogP contribution in [0.25, 0.3) is 11.1 Å². The van der Waals surface area contributed by atoms with Crippen molar-refractivity contribution in [3.63, 3.8) is 0 Å². The molecule has 1 aromatic heterocycles. The van der Waals surface area contributed by atoms with E-state index in [1.807, 2.05) is 36.5 Å². The molecule has 2 N–H and O–H groups in total. The number of carbonyl (C=O) groups is 2. The third-order valence-corrected chi connectivity index (χ3v) is 5.95. The molecule has 1 aliphatic carbocycles. The van der Waals surface area contributed by atoms with Crippen LogP contribution in [0.5, 0.6) is 0 Å². The highest BCUT2D eigenvalue weighted by atomic mass is 16.4. The SMILES string of the molecule is Cc1cc(-c2ccc(CCN(C#N)C(=O)N(C(=O)O)C3CCCCCC3)cc2)c[nH]c1=O. The molecule has 1 aliphatic rings. The Bertz CT molecular complexity index is 1050. The lowest BCUT2D eigenvalue weighted by Crippen LogP contribution is -2.49. The summed E-state index contributed by atoms with van der Waals surface area (Å²) in [4.78, 5) is 40.7. The number of hydrogen-bond donors (Lipinski definition) is 2. The number of nitrogens with one attached hydrogen (secondary N) is 1. The summed E-state index contributed by atoms with van der Waals surface area (Å²) in [5, 5.41) is 19.1. The minimum Gasteiger partial charge on any atom is -0.465 e. The molecule has 1 heterocycles. The molecular formula is C24H28N4O4. The van der Waals surface area contributed by atoms with Gasteiger partial charge in [0.05, 0.1) is 0 Å². The predicted octanol–water partition coefficient (Wildman–Crippen LogP) is 4.50. The largest absolute Gasteiger partial charge is 0.465 e. The van der Waals surface area contributed by atoms with Gasteiger partial charge in [0.2, 0.25) is 0 Å². The Kier molecular flexibility index (Phi) is 7.66. The molecule has 1 saturated carbocycles. The van der Waals surface area contributed by atoms with Crippen LogP contribution < -0.4 is 5.56 Å². The minimum absolute atomic E-state index is 0.100. The summed E-state index contributed by atoms with van der Waals surface area (Å²) < 4.78 is 0. The van der Waals surface area contributed by atoms with Crippen molar-refractivity contribution in [3.05, 3.63) is 58.0 Å². The number of hydrogen-bond acceptors (Lipinski definition) is 4. The number of nitriles is 1. The number of aromatic amines is 1. The number of imide groups is 1. The van der Waals surface area contributed by atoms with E-state index in [-0.39, 0.29) is 18.1 Å². The second kappa shape index (κ2) is 10.6. The summed E-state index contributed by atoms with van der Waals surface area (Å²) in [6, 6.07) is 8.29. The van der Waals surface area contributed by atoms with E-state index in [4.69, 9.17) is 0 Å². The molecule has 0 radical (unpaired) electrons. The number of amides is 3. The fourth-order valence-electron chi connectivity index (χ4n) is 4.10. The van der Waals surface area contributed by atoms with E-state index in [0.717, 1.165) is 52.2 Å². The molecule has 0 bridgehead atoms. The molecule has 1 fully saturated rings. The number of benzene rings is 1. The van der Waals surface area contributed by atoms with Gasteiger partial charge in [-0.3, -0.25) is 4.79 Å². The van der Waals surface area contributed by atoms with Gasteiger partial charge in [-0.2, -0.15) is 5.26 Å². The Morgan fingerprint density at radius 3 is 2.34 bits per heavy atom. The van der Waals surface area contributed by atoms with Crippen molar-refractivity contribution in [2.24, 2.45) is 0 Å². The summed E-state index contributed by atoms with van der Waals surface area (Å²) in [5.41, 5.74) is 3.26. The summed E-state index contributed by atoms with van der Waals surface area (Å²) in [6.45, 7) is 1.85. The van der Waals surface area contributed by atoms with E-state index in [1.54, 1.807) is 13.1 Å². The van der Waals surface area contributed by atoms with Crippen molar-refractivity contribution in [2.75, 3.05) is 6.54 Å². The molecule has 0 aliphatic heterocycles. The van der Waals surface area contributed by atoms with Crippen LogP contribution in [0.2, 0.25) is 0 Å². The van der Waals surface area contributed by atoms with Crippen LogP contribution in [0.3, 0.4) is 0 Å². The molecule has 0 saturated heterocycles. The smallest absolute Gasteiger partial charge is 0.415 e. The van der Waals surface area contributed by atoms with Crippen molar-refractivity contribution >= 4 is 12.1 Å². The van der Waals surface area contributed by atoms with Gasteiger partial charge in [-0.1, -0.05) is 49.9 Å². The lowest BCUT2D eigenvalue weighted by molar-refractivity contribution is 0.116. The molecule has 8 heteroatoms. The van der Waals surface area contributed by atoms with Gasteiger partial charge in [0, 0.05) is 24.3 Å². The fraction of sp³-hybridized carbons (Fsp3) is 0.417. The molecule has 32 heavy (non-hydrogen) atoms. The highest BCUT2D eigenvalue weighted by molar-refractivity contribution is 5.91. The monoisotopic (exact) mass is 436 g/mol. The Labute approximate surface area is 187 Å². The van der Waals surface area contributed by atoms with E-state index in [1.165, 1.54) is 0 Å². The van der Waals surface area contributed by atoms with Gasteiger partial charge in [-0.25, -0.2) is 19.4 Å². The van der Waals surface area contributed by atoms with Gasteiger partial charge in [0.1, 0.15) is 0 Å². The van der Waals surface area contributed by atoms with Crippen LogP contribution in [0, 0.1) is 18.4 Å². The van der Waals surface area contributed by atoms with E-state index >= 15 is 0 Å². The first-order valence-electron chi connectivity index (χ1n) is 10.9. The summed E-state index contributed by atoms with van der Waals surface area (Å²) in [6.07, 6.45) is 7.76. The maximum absolute atomic E-state index is 12.9. The number of carboxylic acid groups (broad SMARTS) is 1. The molecule has 0 spiro atoms. The van der Waals surface area contributed by atoms with Crippen molar-refractivity contribution in [2.45, 2.75) is 57.9 Å². The molecule has 3 amide bonds. The van der Waals surface area contributed by atoms with Crippen LogP contribution >= 0.6 is 0 Å². The number of aryl methyl sites for hydroxylation is 1. The van der Waals surface area contributed by atoms with Crippen LogP contribution in [-0.4, -0.2) is 44.6 Å². The molecule has 2 aromatic rings. The standard InChI is InChI=1S/C24H28N4O4/c1-17-14-20(15-26-22(17)29)19-10-8-18(9-11-19)12-13-27(16-25)23(30)28(24(31)32)21-6-4-2-3-5-7-21/h8-11,14-15,21H,2-7,12-13H2,1H3,(H,26,29)(H,31,32). The zero-order chi connectivity index (χ0) is 23.1. The van der Waals surface area contributed by atoms with Crippen LogP contribution in [-0.2, 0) is 6.42 Å². The average molecular weight is 437 g/mol. The Hall–Kier alpha value is -3.60. The number of carbonyl (C=O) groups excluding carboxylic acids is 1. The van der Waals surface area contributed by atoms with E-state index < -0.39 is 12.1 Å². The van der Waals surface area contributed by atoms with Gasteiger partial charge in [-0.05, 0) is 48.9 Å². The van der Waals surface area contributed by atoms with Crippen LogP contribution in [0.15, 0.2) is 41.3 Å². The van der Waals surface area contributed by atoms with Crippen molar-refractivity contribution in [1.29, 1.82) is 5.26 Å². The maximum Gasteiger partial charge on any atom is 0.415 e. The van der Waals surface area contributed by atoms with E-state index in [0.29, 0.717) is 24.8 Å². The molecular weight excluding hydrogens is 408 g/mol. The molecule has 0 atom stereocenters. The average Bonchev–Trinajstić information content (AvgIpc) is 3.06. The molecule has 8 nitrogen and oxygen atoms in total. The number of H-pyrrole nitrogens is 1. The molecule has 3 rings (SSSR count). The van der Waals surface area contributed by atoms with Gasteiger partial charge in [0.15, 0.2) is 6.19 Å². The lowest BCUT2D eigenvalue weighted by Gasteiger charge is -2.29. The first-order chi connectivity index (χ1) is 15.4. The van der Waals surface area contributed by atoms with Gasteiger partial charge < -0.3 is 10.1 Å². The fourth-order valence-corrected chi connectivity index (χ4v) is 4.10. The molecule has 1 aromatic carbocycles. The molecule has 0 unspecified atom stereocenters. The Morgan fingerprint density at radius 1 is 1.12 bits per heavy atom. The topological polar surface area (TPSA) is 118 Å². The quantitative estimate of drug-likeness (QED) is 0.406. The number of aromatic nitrogens is 1. The second-order valence-corrected chi connectivity index (χ2v) is 8.18. The predicted molar refractivity (Wildman–Crippen MR) is 120 cm³/mol. The van der Waals surface area contributed by atoms with Gasteiger partial charge in [0.25, 0.3) is 5.56 Å². The Balaban J connectivity index is 1.66.